The third-order valence-corrected chi connectivity index (χ3v) is 12.3. The molecule has 3 aromatic carbocycles. The summed E-state index contributed by atoms with van der Waals surface area (Å²) >= 11 is 4.94. The van der Waals surface area contributed by atoms with E-state index in [1.54, 1.807) is 34.4 Å². The summed E-state index contributed by atoms with van der Waals surface area (Å²) in [6, 6.07) is 18.6. The number of anilines is 1. The number of benzene rings is 3. The van der Waals surface area contributed by atoms with Crippen LogP contribution in [0.1, 0.15) is 31.2 Å². The zero-order chi connectivity index (χ0) is 31.1. The Morgan fingerprint density at radius 2 is 1.68 bits per heavy atom. The van der Waals surface area contributed by atoms with Crippen LogP contribution in [-0.2, 0) is 26.8 Å². The van der Waals surface area contributed by atoms with Gasteiger partial charge in [-0.05, 0) is 64.9 Å². The van der Waals surface area contributed by atoms with Gasteiger partial charge in [0.1, 0.15) is 4.70 Å². The van der Waals surface area contributed by atoms with Gasteiger partial charge < -0.3 is 4.90 Å². The Morgan fingerprint density at radius 3 is 2.45 bits per heavy atom. The van der Waals surface area contributed by atoms with Crippen molar-refractivity contribution in [3.63, 3.8) is 0 Å². The number of fused-ring (bicyclic) bond motifs is 6. The summed E-state index contributed by atoms with van der Waals surface area (Å²) in [7, 11) is -8.16. The second-order valence-electron chi connectivity index (χ2n) is 10.6. The lowest BCUT2D eigenvalue weighted by Crippen LogP contribution is -2.36. The van der Waals surface area contributed by atoms with E-state index >= 15 is 0 Å². The normalized spacial score (nSPS) is 15.3. The van der Waals surface area contributed by atoms with Gasteiger partial charge in [0, 0.05) is 23.9 Å². The van der Waals surface area contributed by atoms with Gasteiger partial charge in [-0.2, -0.15) is 21.4 Å². The van der Waals surface area contributed by atoms with E-state index in [2.05, 4.69) is 76.4 Å². The minimum Gasteiger partial charge on any atom is -0.334 e. The molecule has 5 aromatic rings. The first-order valence-electron chi connectivity index (χ1n) is 14.1. The lowest BCUT2D eigenvalue weighted by atomic mass is 10.1. The molecule has 8 nitrogen and oxygen atoms in total. The van der Waals surface area contributed by atoms with Crippen molar-refractivity contribution in [3.05, 3.63) is 81.7 Å². The molecule has 0 atom stereocenters. The number of rotatable bonds is 11. The molecule has 0 saturated carbocycles. The van der Waals surface area contributed by atoms with Crippen LogP contribution in [-0.4, -0.2) is 44.0 Å². The van der Waals surface area contributed by atoms with Crippen molar-refractivity contribution in [1.82, 2.24) is 0 Å². The molecule has 0 unspecified atom stereocenters. The zero-order valence-corrected chi connectivity index (χ0v) is 27.9. The maximum atomic E-state index is 11.5. The third-order valence-electron chi connectivity index (χ3n) is 7.52. The predicted molar refractivity (Wildman–Crippen MR) is 183 cm³/mol. The summed E-state index contributed by atoms with van der Waals surface area (Å²) in [5.41, 5.74) is 3.16. The molecule has 0 spiro atoms. The molecule has 44 heavy (non-hydrogen) atoms. The van der Waals surface area contributed by atoms with Gasteiger partial charge in [-0.1, -0.05) is 60.4 Å². The zero-order valence-electron chi connectivity index (χ0n) is 23.8. The molecule has 0 radical (unpaired) electrons. The van der Waals surface area contributed by atoms with Crippen LogP contribution in [0.4, 0.5) is 5.69 Å². The number of aryl methyl sites for hydroxylation is 1. The maximum Gasteiger partial charge on any atom is 0.265 e. The largest absolute Gasteiger partial charge is 0.334 e. The molecule has 2 aromatic heterocycles. The fraction of sp³-hybridized carbons (Fsp3) is 0.258. The molecule has 0 bridgehead atoms. The quantitative estimate of drug-likeness (QED) is 0.109. The third kappa shape index (κ3) is 6.74. The van der Waals surface area contributed by atoms with Crippen LogP contribution in [0, 0.1) is 0 Å². The van der Waals surface area contributed by atoms with Gasteiger partial charge in [0.25, 0.3) is 25.2 Å². The van der Waals surface area contributed by atoms with Crippen molar-refractivity contribution in [2.24, 2.45) is 0 Å². The standard InChI is InChI=1S/C31H30N2O6S5/c1-2-21(20-28-33(15-6-18-44(37,38)39)30-26(42-28)12-10-23-13-16-40-31(23)30)19-27-32(14-5-17-43(34,35)36)29-24-8-4-3-7-22(24)9-11-25(29)41-27/h3-4,7-13,16,19-20H,2,5-6,14-15,17-18H2,1H3,(H-,34,35,36,37,38,39)/p+1. The van der Waals surface area contributed by atoms with Gasteiger partial charge in [0.15, 0.2) is 6.54 Å². The Hall–Kier alpha value is -2.78. The van der Waals surface area contributed by atoms with Crippen LogP contribution < -0.4 is 9.47 Å². The van der Waals surface area contributed by atoms with Crippen molar-refractivity contribution in [2.45, 2.75) is 37.6 Å². The van der Waals surface area contributed by atoms with Crippen LogP contribution in [0.3, 0.4) is 0 Å². The number of thiazole rings is 1. The van der Waals surface area contributed by atoms with Gasteiger partial charge in [-0.15, -0.1) is 11.3 Å². The first kappa shape index (κ1) is 31.2. The molecular weight excluding hydrogens is 657 g/mol. The average Bonchev–Trinajstić information content (AvgIpc) is 3.67. The van der Waals surface area contributed by atoms with Gasteiger partial charge in [0.05, 0.1) is 32.3 Å². The van der Waals surface area contributed by atoms with E-state index in [4.69, 9.17) is 0 Å². The molecule has 0 amide bonds. The summed E-state index contributed by atoms with van der Waals surface area (Å²) in [5.74, 6) is -0.631. The first-order chi connectivity index (χ1) is 21.0. The van der Waals surface area contributed by atoms with E-state index in [0.29, 0.717) is 13.1 Å². The van der Waals surface area contributed by atoms with Crippen molar-refractivity contribution in [3.8, 4) is 0 Å². The Kier molecular flexibility index (Phi) is 8.90. The highest BCUT2D eigenvalue weighted by molar-refractivity contribution is 8.03. The first-order valence-corrected chi connectivity index (χ1v) is 19.9. The number of hydrogen-bond acceptors (Lipinski definition) is 8. The molecule has 2 N–H and O–H groups in total. The van der Waals surface area contributed by atoms with E-state index in [1.165, 1.54) is 0 Å². The molecule has 3 heterocycles. The van der Waals surface area contributed by atoms with E-state index < -0.39 is 20.2 Å². The van der Waals surface area contributed by atoms with Crippen LogP contribution in [0.2, 0.25) is 0 Å². The Bertz CT molecular complexity index is 2160. The fourth-order valence-corrected chi connectivity index (χ4v) is 9.88. The van der Waals surface area contributed by atoms with E-state index in [0.717, 1.165) is 63.7 Å². The summed E-state index contributed by atoms with van der Waals surface area (Å²) in [5, 5.41) is 7.31. The van der Waals surface area contributed by atoms with Gasteiger partial charge in [0.2, 0.25) is 5.52 Å². The van der Waals surface area contributed by atoms with Gasteiger partial charge in [-0.25, -0.2) is 0 Å². The number of aromatic nitrogens is 1. The van der Waals surface area contributed by atoms with E-state index in [9.17, 15) is 25.9 Å². The lowest BCUT2D eigenvalue weighted by Gasteiger charge is -2.21. The summed E-state index contributed by atoms with van der Waals surface area (Å²) in [6.07, 6.45) is 5.56. The molecule has 230 valence electrons. The molecule has 0 saturated heterocycles. The highest BCUT2D eigenvalue weighted by atomic mass is 32.2. The average molecular weight is 688 g/mol. The van der Waals surface area contributed by atoms with Crippen molar-refractivity contribution >= 4 is 97.5 Å². The Morgan fingerprint density at radius 1 is 0.932 bits per heavy atom. The summed E-state index contributed by atoms with van der Waals surface area (Å²) in [4.78, 5) is 3.26. The smallest absolute Gasteiger partial charge is 0.265 e. The molecule has 1 aliphatic heterocycles. The molecule has 6 rings (SSSR count). The summed E-state index contributed by atoms with van der Waals surface area (Å²) < 4.78 is 69.2. The van der Waals surface area contributed by atoms with Gasteiger partial charge in [-0.3, -0.25) is 9.11 Å². The highest BCUT2D eigenvalue weighted by Crippen LogP contribution is 2.51. The van der Waals surface area contributed by atoms with E-state index in [1.807, 2.05) is 12.1 Å². The minimum absolute atomic E-state index is 0.269. The van der Waals surface area contributed by atoms with Crippen LogP contribution >= 0.6 is 34.4 Å². The van der Waals surface area contributed by atoms with Crippen molar-refractivity contribution < 1.29 is 30.5 Å². The monoisotopic (exact) mass is 687 g/mol. The number of allylic oxidation sites excluding steroid dienone is 2. The van der Waals surface area contributed by atoms with E-state index in [-0.39, 0.29) is 24.3 Å². The number of thiophene rings is 1. The maximum absolute atomic E-state index is 11.5. The Balaban J connectivity index is 1.43. The van der Waals surface area contributed by atoms with Crippen LogP contribution in [0.5, 0.6) is 0 Å². The minimum atomic E-state index is -4.09. The topological polar surface area (TPSA) is 116 Å². The van der Waals surface area contributed by atoms with Crippen molar-refractivity contribution in [2.75, 3.05) is 23.0 Å². The number of hydrogen-bond donors (Lipinski definition) is 2. The van der Waals surface area contributed by atoms with Crippen LogP contribution in [0.25, 0.3) is 37.2 Å². The second-order valence-corrected chi connectivity index (χ2v) is 16.7. The molecule has 0 aliphatic carbocycles. The highest BCUT2D eigenvalue weighted by Gasteiger charge is 2.29. The SMILES string of the molecule is CCC(=C/c1sc2ccc3ccccc3c2[n+]1CCCS(=O)(=O)O)/C=C1\Sc2ccc3ccsc3c2N1CCCS(=O)(=O)O. The lowest BCUT2D eigenvalue weighted by molar-refractivity contribution is -0.667. The number of nitrogens with zero attached hydrogens (tertiary/aromatic N) is 2. The predicted octanol–water partition coefficient (Wildman–Crippen LogP) is 7.36. The molecule has 0 fully saturated rings. The van der Waals surface area contributed by atoms with Crippen molar-refractivity contribution in [1.29, 1.82) is 0 Å². The van der Waals surface area contributed by atoms with Crippen LogP contribution in [0.15, 0.2) is 81.6 Å². The second kappa shape index (κ2) is 12.5. The van der Waals surface area contributed by atoms with Gasteiger partial charge >= 0.3 is 0 Å². The fourth-order valence-electron chi connectivity index (χ4n) is 5.52. The Labute approximate surface area is 268 Å². The molecular formula is C31H31N2O6S5+. The summed E-state index contributed by atoms with van der Waals surface area (Å²) in [6.45, 7) is 2.94. The molecule has 1 aliphatic rings. The molecule has 13 heteroatoms. The number of thioether (sulfide) groups is 1.